The van der Waals surface area contributed by atoms with E-state index in [0.717, 1.165) is 0 Å². The van der Waals surface area contributed by atoms with Crippen molar-refractivity contribution < 1.29 is 23.1 Å². The summed E-state index contributed by atoms with van der Waals surface area (Å²) in [5, 5.41) is 13.5. The fourth-order valence-corrected chi connectivity index (χ4v) is 2.36. The third kappa shape index (κ3) is 2.33. The molecule has 1 atom stereocenters. The number of carbonyl (C=O) groups is 1. The summed E-state index contributed by atoms with van der Waals surface area (Å²) in [6, 6.07) is 6.01. The number of benzene rings is 1. The third-order valence-electron chi connectivity index (χ3n) is 2.87. The maximum Gasteiger partial charge on any atom is 0.438 e. The lowest BCUT2D eigenvalue weighted by atomic mass is 10.1. The van der Waals surface area contributed by atoms with Gasteiger partial charge in [-0.15, -0.1) is 0 Å². The van der Waals surface area contributed by atoms with Gasteiger partial charge in [-0.05, 0) is 35.0 Å². The number of hydrogen-bond acceptors (Lipinski definition) is 3. The van der Waals surface area contributed by atoms with Gasteiger partial charge in [0.1, 0.15) is 0 Å². The average Bonchev–Trinajstić information content (AvgIpc) is 2.65. The molecule has 2 rings (SSSR count). The molecule has 0 spiro atoms. The molecule has 8 heteroatoms. The molecule has 1 N–H and O–H groups in total. The number of halogens is 4. The molecular weight excluding hydrogens is 341 g/mol. The van der Waals surface area contributed by atoms with Gasteiger partial charge in [-0.25, -0.2) is 0 Å². The molecule has 0 saturated heterocycles. The summed E-state index contributed by atoms with van der Waals surface area (Å²) in [7, 11) is 0. The Kier molecular flexibility index (Phi) is 3.64. The van der Waals surface area contributed by atoms with Gasteiger partial charge < -0.3 is 5.11 Å². The van der Waals surface area contributed by atoms with Crippen LogP contribution in [-0.4, -0.2) is 33.6 Å². The molecule has 0 unspecified atom stereocenters. The molecule has 4 nitrogen and oxygen atoms in total. The summed E-state index contributed by atoms with van der Waals surface area (Å²) in [6.07, 6.45) is -5.75. The summed E-state index contributed by atoms with van der Waals surface area (Å²) in [5.74, 6) is -1.02. The predicted octanol–water partition coefficient (Wildman–Crippen LogP) is 2.92. The van der Waals surface area contributed by atoms with Crippen LogP contribution < -0.4 is 0 Å². The van der Waals surface area contributed by atoms with Gasteiger partial charge in [0.05, 0.1) is 5.56 Å². The Morgan fingerprint density at radius 2 is 2.05 bits per heavy atom. The van der Waals surface area contributed by atoms with Gasteiger partial charge in [0.25, 0.3) is 11.6 Å². The van der Waals surface area contributed by atoms with Gasteiger partial charge in [-0.2, -0.15) is 23.3 Å². The molecule has 1 aliphatic rings. The number of nitrogens with zero attached hydrogens (tertiary/aromatic N) is 2. The largest absolute Gasteiger partial charge is 0.438 e. The van der Waals surface area contributed by atoms with Crippen molar-refractivity contribution in [1.29, 1.82) is 0 Å². The minimum absolute atomic E-state index is 0.00590. The second kappa shape index (κ2) is 4.85. The van der Waals surface area contributed by atoms with E-state index >= 15 is 0 Å². The van der Waals surface area contributed by atoms with E-state index in [1.807, 2.05) is 0 Å². The average molecular weight is 351 g/mol. The van der Waals surface area contributed by atoms with Crippen LogP contribution in [0.4, 0.5) is 13.2 Å². The van der Waals surface area contributed by atoms with Crippen LogP contribution in [0.5, 0.6) is 0 Å². The monoisotopic (exact) mass is 350 g/mol. The molecule has 0 bridgehead atoms. The van der Waals surface area contributed by atoms with Gasteiger partial charge in [0.15, 0.2) is 0 Å². The summed E-state index contributed by atoms with van der Waals surface area (Å²) >= 11 is 3.09. The molecule has 0 saturated carbocycles. The second-order valence-electron chi connectivity index (χ2n) is 4.42. The number of alkyl halides is 3. The first-order chi connectivity index (χ1) is 9.17. The molecule has 20 heavy (non-hydrogen) atoms. The zero-order valence-corrected chi connectivity index (χ0v) is 11.9. The van der Waals surface area contributed by atoms with Crippen LogP contribution in [0, 0.1) is 0 Å². The Morgan fingerprint density at radius 1 is 1.45 bits per heavy atom. The first kappa shape index (κ1) is 15.0. The summed E-state index contributed by atoms with van der Waals surface area (Å²) < 4.78 is 39.4. The molecular formula is C12H10BrF3N2O2. The van der Waals surface area contributed by atoms with E-state index < -0.39 is 24.2 Å². The topological polar surface area (TPSA) is 52.9 Å². The molecule has 1 aliphatic heterocycles. The van der Waals surface area contributed by atoms with Gasteiger partial charge in [0.2, 0.25) is 0 Å². The molecule has 0 aromatic heterocycles. The van der Waals surface area contributed by atoms with Crippen molar-refractivity contribution in [3.8, 4) is 0 Å². The Hall–Kier alpha value is -1.41. The van der Waals surface area contributed by atoms with Gasteiger partial charge in [0, 0.05) is 16.6 Å². The number of hydrogen-bond donors (Lipinski definition) is 1. The number of amides is 1. The highest BCUT2D eigenvalue weighted by Gasteiger charge is 2.62. The fraction of sp³-hybridized carbons (Fsp3) is 0.333. The highest BCUT2D eigenvalue weighted by atomic mass is 79.9. The van der Waals surface area contributed by atoms with Gasteiger partial charge in [-0.3, -0.25) is 4.79 Å². The summed E-state index contributed by atoms with van der Waals surface area (Å²) in [4.78, 5) is 12.2. The Labute approximate surface area is 121 Å². The van der Waals surface area contributed by atoms with E-state index in [4.69, 9.17) is 0 Å². The Balaban J connectivity index is 2.45. The quantitative estimate of drug-likeness (QED) is 0.846. The zero-order valence-electron chi connectivity index (χ0n) is 10.3. The van der Waals surface area contributed by atoms with Crippen molar-refractivity contribution in [2.75, 3.05) is 0 Å². The maximum atomic E-state index is 13.0. The molecule has 1 amide bonds. The van der Waals surface area contributed by atoms with Crippen molar-refractivity contribution in [2.24, 2.45) is 5.10 Å². The van der Waals surface area contributed by atoms with Crippen molar-refractivity contribution in [3.63, 3.8) is 0 Å². The molecule has 108 valence electrons. The summed E-state index contributed by atoms with van der Waals surface area (Å²) in [6.45, 7) is 1.32. The molecule has 0 aliphatic carbocycles. The molecule has 1 aromatic rings. The van der Waals surface area contributed by atoms with Crippen molar-refractivity contribution in [3.05, 3.63) is 34.3 Å². The van der Waals surface area contributed by atoms with Crippen LogP contribution in [0.25, 0.3) is 0 Å². The molecule has 1 heterocycles. The highest BCUT2D eigenvalue weighted by molar-refractivity contribution is 9.10. The van der Waals surface area contributed by atoms with Crippen LogP contribution in [0.1, 0.15) is 23.7 Å². The lowest BCUT2D eigenvalue weighted by molar-refractivity contribution is -0.297. The fourth-order valence-electron chi connectivity index (χ4n) is 1.90. The normalized spacial score (nSPS) is 22.9. The minimum Gasteiger partial charge on any atom is -0.362 e. The van der Waals surface area contributed by atoms with E-state index in [9.17, 15) is 23.1 Å². The smallest absolute Gasteiger partial charge is 0.362 e. The van der Waals surface area contributed by atoms with E-state index in [-0.39, 0.29) is 16.3 Å². The number of aliphatic hydroxyl groups is 1. The maximum absolute atomic E-state index is 13.0. The molecule has 1 aromatic carbocycles. The van der Waals surface area contributed by atoms with Gasteiger partial charge >= 0.3 is 6.18 Å². The van der Waals surface area contributed by atoms with E-state index in [1.54, 1.807) is 6.07 Å². The van der Waals surface area contributed by atoms with E-state index in [0.29, 0.717) is 4.47 Å². The van der Waals surface area contributed by atoms with Crippen LogP contribution >= 0.6 is 15.9 Å². The highest BCUT2D eigenvalue weighted by Crippen LogP contribution is 2.41. The van der Waals surface area contributed by atoms with Crippen LogP contribution in [0.2, 0.25) is 0 Å². The van der Waals surface area contributed by atoms with E-state index in [1.165, 1.54) is 25.1 Å². The SMILES string of the molecule is CC1=NN(C(=O)c2ccccc2Br)[C@](O)(C(F)(F)F)C1. The van der Waals surface area contributed by atoms with Crippen molar-refractivity contribution in [2.45, 2.75) is 25.2 Å². The molecule has 0 radical (unpaired) electrons. The van der Waals surface area contributed by atoms with Crippen LogP contribution in [0.15, 0.2) is 33.8 Å². The first-order valence-electron chi connectivity index (χ1n) is 5.59. The van der Waals surface area contributed by atoms with Gasteiger partial charge in [-0.1, -0.05) is 12.1 Å². The summed E-state index contributed by atoms with van der Waals surface area (Å²) in [5.41, 5.74) is -3.28. The number of hydrazone groups is 1. The third-order valence-corrected chi connectivity index (χ3v) is 3.57. The number of rotatable bonds is 1. The molecule has 0 fully saturated rings. The van der Waals surface area contributed by atoms with Crippen LogP contribution in [-0.2, 0) is 0 Å². The lowest BCUT2D eigenvalue weighted by Gasteiger charge is -2.32. The lowest BCUT2D eigenvalue weighted by Crippen LogP contribution is -2.56. The van der Waals surface area contributed by atoms with Crippen molar-refractivity contribution in [1.82, 2.24) is 5.01 Å². The number of carbonyl (C=O) groups excluding carboxylic acids is 1. The van der Waals surface area contributed by atoms with Crippen molar-refractivity contribution >= 4 is 27.5 Å². The standard InChI is InChI=1S/C12H10BrF3N2O2/c1-7-6-11(20,12(14,15)16)18(17-7)10(19)8-4-2-3-5-9(8)13/h2-5,20H,6H2,1H3/t11-/m1/s1. The van der Waals surface area contributed by atoms with E-state index in [2.05, 4.69) is 21.0 Å². The Bertz CT molecular complexity index is 588. The minimum atomic E-state index is -4.99. The second-order valence-corrected chi connectivity index (χ2v) is 5.28. The predicted molar refractivity (Wildman–Crippen MR) is 69.0 cm³/mol. The Morgan fingerprint density at radius 3 is 2.60 bits per heavy atom. The van der Waals surface area contributed by atoms with Crippen LogP contribution in [0.3, 0.4) is 0 Å². The first-order valence-corrected chi connectivity index (χ1v) is 6.38. The zero-order chi connectivity index (χ0) is 15.1.